The zero-order valence-corrected chi connectivity index (χ0v) is 9.37. The second-order valence-corrected chi connectivity index (χ2v) is 4.86. The molecule has 2 rings (SSSR count). The number of nitrogens with zero attached hydrogens (tertiary/aromatic N) is 1. The average Bonchev–Trinajstić information content (AvgIpc) is 2.73. The predicted molar refractivity (Wildman–Crippen MR) is 57.3 cm³/mol. The van der Waals surface area contributed by atoms with Crippen LogP contribution >= 0.6 is 0 Å². The van der Waals surface area contributed by atoms with Crippen LogP contribution in [0.5, 0.6) is 0 Å². The maximum absolute atomic E-state index is 11.6. The van der Waals surface area contributed by atoms with Gasteiger partial charge in [-0.2, -0.15) is 0 Å². The number of hydrogen-bond donors (Lipinski definition) is 1. The first-order chi connectivity index (χ1) is 7.22. The number of ether oxygens (including phenoxy) is 1. The molecule has 15 heavy (non-hydrogen) atoms. The molecule has 0 radical (unpaired) electrons. The highest BCUT2D eigenvalue weighted by Crippen LogP contribution is 2.48. The Labute approximate surface area is 90.8 Å². The van der Waals surface area contributed by atoms with E-state index in [0.717, 1.165) is 19.7 Å². The summed E-state index contributed by atoms with van der Waals surface area (Å²) in [6.07, 6.45) is 3.70. The molecular formula is C11H20N2O2. The monoisotopic (exact) mass is 212 g/mol. The summed E-state index contributed by atoms with van der Waals surface area (Å²) in [7, 11) is 1.75. The Bertz CT molecular complexity index is 257. The van der Waals surface area contributed by atoms with E-state index >= 15 is 0 Å². The lowest BCUT2D eigenvalue weighted by Crippen LogP contribution is -2.37. The summed E-state index contributed by atoms with van der Waals surface area (Å²) >= 11 is 0. The normalized spacial score (nSPS) is 34.5. The number of hydrogen-bond acceptors (Lipinski definition) is 3. The van der Waals surface area contributed by atoms with Gasteiger partial charge in [0.25, 0.3) is 0 Å². The molecule has 0 aromatic heterocycles. The Morgan fingerprint density at radius 2 is 2.47 bits per heavy atom. The van der Waals surface area contributed by atoms with Gasteiger partial charge in [0.2, 0.25) is 5.91 Å². The van der Waals surface area contributed by atoms with Gasteiger partial charge >= 0.3 is 0 Å². The molecule has 1 saturated heterocycles. The number of methoxy groups -OCH3 is 1. The average molecular weight is 212 g/mol. The molecule has 86 valence electrons. The molecule has 4 nitrogen and oxygen atoms in total. The number of carbonyl (C=O) groups is 1. The van der Waals surface area contributed by atoms with Gasteiger partial charge in [-0.25, -0.2) is 0 Å². The lowest BCUT2D eigenvalue weighted by atomic mass is 9.82. The molecule has 1 saturated carbocycles. The van der Waals surface area contributed by atoms with Gasteiger partial charge in [0.15, 0.2) is 0 Å². The third-order valence-corrected chi connectivity index (χ3v) is 4.00. The Morgan fingerprint density at radius 3 is 3.13 bits per heavy atom. The fraction of sp³-hybridized carbons (Fsp3) is 0.909. The van der Waals surface area contributed by atoms with Crippen molar-refractivity contribution in [2.45, 2.75) is 19.3 Å². The first kappa shape index (κ1) is 10.9. The summed E-state index contributed by atoms with van der Waals surface area (Å²) in [5, 5.41) is 0. The molecule has 1 aliphatic carbocycles. The summed E-state index contributed by atoms with van der Waals surface area (Å²) in [5.74, 6) is 0.716. The van der Waals surface area contributed by atoms with E-state index in [2.05, 4.69) is 0 Å². The molecule has 2 N–H and O–H groups in total. The van der Waals surface area contributed by atoms with Crippen molar-refractivity contribution in [2.75, 3.05) is 33.4 Å². The maximum atomic E-state index is 11.6. The van der Waals surface area contributed by atoms with Crippen LogP contribution in [0.4, 0.5) is 0 Å². The van der Waals surface area contributed by atoms with E-state index in [1.807, 2.05) is 4.90 Å². The van der Waals surface area contributed by atoms with E-state index < -0.39 is 0 Å². The topological polar surface area (TPSA) is 55.6 Å². The summed E-state index contributed by atoms with van der Waals surface area (Å²) in [6, 6.07) is 0. The highest BCUT2D eigenvalue weighted by molar-refractivity contribution is 5.78. The summed E-state index contributed by atoms with van der Waals surface area (Å²) in [4.78, 5) is 13.5. The molecule has 2 unspecified atom stereocenters. The van der Waals surface area contributed by atoms with Gasteiger partial charge in [0.1, 0.15) is 0 Å². The van der Waals surface area contributed by atoms with Crippen LogP contribution < -0.4 is 5.73 Å². The van der Waals surface area contributed by atoms with Gasteiger partial charge in [-0.15, -0.1) is 0 Å². The molecule has 2 atom stereocenters. The minimum absolute atomic E-state index is 0.0832. The van der Waals surface area contributed by atoms with Crippen LogP contribution in [0.25, 0.3) is 0 Å². The summed E-state index contributed by atoms with van der Waals surface area (Å²) in [6.45, 7) is 2.66. The summed E-state index contributed by atoms with van der Waals surface area (Å²) < 4.78 is 5.32. The molecule has 1 amide bonds. The third-order valence-electron chi connectivity index (χ3n) is 4.00. The first-order valence-electron chi connectivity index (χ1n) is 5.68. The van der Waals surface area contributed by atoms with Crippen molar-refractivity contribution in [2.24, 2.45) is 17.1 Å². The van der Waals surface area contributed by atoms with Crippen LogP contribution in [0.1, 0.15) is 19.3 Å². The molecule has 2 fully saturated rings. The second-order valence-electron chi connectivity index (χ2n) is 4.86. The molecule has 2 aliphatic rings. The summed E-state index contributed by atoms with van der Waals surface area (Å²) in [5.41, 5.74) is 5.63. The van der Waals surface area contributed by atoms with Crippen molar-refractivity contribution >= 4 is 5.91 Å². The quantitative estimate of drug-likeness (QED) is 0.728. The largest absolute Gasteiger partial charge is 0.384 e. The zero-order valence-electron chi connectivity index (χ0n) is 9.37. The zero-order chi connectivity index (χ0) is 10.9. The smallest absolute Gasteiger partial charge is 0.236 e. The Hall–Kier alpha value is -0.610. The fourth-order valence-electron chi connectivity index (χ4n) is 3.26. The fourth-order valence-corrected chi connectivity index (χ4v) is 3.26. The SMILES string of the molecule is COCC12CCCC1CN(C(=O)CN)C2. The van der Waals surface area contributed by atoms with Crippen LogP contribution in [0, 0.1) is 11.3 Å². The number of rotatable bonds is 3. The minimum Gasteiger partial charge on any atom is -0.384 e. The van der Waals surface area contributed by atoms with Gasteiger partial charge in [-0.1, -0.05) is 6.42 Å². The molecule has 0 spiro atoms. The van der Waals surface area contributed by atoms with E-state index in [1.54, 1.807) is 7.11 Å². The number of fused-ring (bicyclic) bond motifs is 1. The van der Waals surface area contributed by atoms with Crippen LogP contribution in [-0.2, 0) is 9.53 Å². The molecule has 0 aromatic rings. The van der Waals surface area contributed by atoms with E-state index in [1.165, 1.54) is 19.3 Å². The maximum Gasteiger partial charge on any atom is 0.236 e. The van der Waals surface area contributed by atoms with Crippen LogP contribution in [0.2, 0.25) is 0 Å². The van der Waals surface area contributed by atoms with Gasteiger partial charge in [0, 0.05) is 25.6 Å². The lowest BCUT2D eigenvalue weighted by molar-refractivity contribution is -0.129. The Morgan fingerprint density at radius 1 is 1.67 bits per heavy atom. The molecular weight excluding hydrogens is 192 g/mol. The molecule has 1 aliphatic heterocycles. The van der Waals surface area contributed by atoms with Crippen LogP contribution in [0.3, 0.4) is 0 Å². The predicted octanol–water partition coefficient (Wildman–Crippen LogP) is 0.220. The third kappa shape index (κ3) is 1.76. The van der Waals surface area contributed by atoms with Gasteiger partial charge in [0.05, 0.1) is 13.2 Å². The number of nitrogens with two attached hydrogens (primary N) is 1. The lowest BCUT2D eigenvalue weighted by Gasteiger charge is -2.27. The van der Waals surface area contributed by atoms with Crippen molar-refractivity contribution in [3.8, 4) is 0 Å². The van der Waals surface area contributed by atoms with Crippen molar-refractivity contribution < 1.29 is 9.53 Å². The second kappa shape index (κ2) is 4.10. The van der Waals surface area contributed by atoms with Crippen LogP contribution in [-0.4, -0.2) is 44.2 Å². The van der Waals surface area contributed by atoms with Crippen molar-refractivity contribution in [1.82, 2.24) is 4.90 Å². The minimum atomic E-state index is 0.0832. The number of carbonyl (C=O) groups excluding carboxylic acids is 1. The highest BCUT2D eigenvalue weighted by atomic mass is 16.5. The van der Waals surface area contributed by atoms with Gasteiger partial charge in [-0.05, 0) is 18.8 Å². The highest BCUT2D eigenvalue weighted by Gasteiger charge is 2.50. The van der Waals surface area contributed by atoms with E-state index in [4.69, 9.17) is 10.5 Å². The molecule has 1 heterocycles. The molecule has 4 heteroatoms. The molecule has 0 bridgehead atoms. The first-order valence-corrected chi connectivity index (χ1v) is 5.68. The Balaban J connectivity index is 2.07. The van der Waals surface area contributed by atoms with E-state index in [9.17, 15) is 4.79 Å². The molecule has 0 aromatic carbocycles. The number of amides is 1. The van der Waals surface area contributed by atoms with E-state index in [0.29, 0.717) is 5.92 Å². The van der Waals surface area contributed by atoms with Crippen LogP contribution in [0.15, 0.2) is 0 Å². The van der Waals surface area contributed by atoms with E-state index in [-0.39, 0.29) is 17.9 Å². The Kier molecular flexibility index (Phi) is 2.98. The van der Waals surface area contributed by atoms with Gasteiger partial charge in [-0.3, -0.25) is 4.79 Å². The van der Waals surface area contributed by atoms with Gasteiger partial charge < -0.3 is 15.4 Å². The van der Waals surface area contributed by atoms with Crippen molar-refractivity contribution in [3.63, 3.8) is 0 Å². The van der Waals surface area contributed by atoms with Crippen molar-refractivity contribution in [1.29, 1.82) is 0 Å². The standard InChI is InChI=1S/C11H20N2O2/c1-15-8-11-4-2-3-9(11)6-13(7-11)10(14)5-12/h9H,2-8,12H2,1H3. The van der Waals surface area contributed by atoms with Crippen molar-refractivity contribution in [3.05, 3.63) is 0 Å². The number of likely N-dealkylation sites (tertiary alicyclic amines) is 1.